The van der Waals surface area contributed by atoms with Gasteiger partial charge in [-0.15, -0.1) is 0 Å². The van der Waals surface area contributed by atoms with E-state index in [1.165, 1.54) is 19.1 Å². The molecule has 0 spiro atoms. The molecule has 0 bridgehead atoms. The van der Waals surface area contributed by atoms with Crippen LogP contribution in [0, 0.1) is 11.8 Å². The number of alkyl halides is 3. The van der Waals surface area contributed by atoms with Gasteiger partial charge in [-0.05, 0) is 5.92 Å². The van der Waals surface area contributed by atoms with Crippen LogP contribution >= 0.6 is 0 Å². The van der Waals surface area contributed by atoms with E-state index in [0.29, 0.717) is 0 Å². The number of hydrogen-bond acceptors (Lipinski definition) is 1. The molecule has 1 rings (SSSR count). The maximum Gasteiger partial charge on any atom is 0.413 e. The molecule has 0 aromatic heterocycles. The molecule has 14 heavy (non-hydrogen) atoms. The van der Waals surface area contributed by atoms with Crippen LogP contribution in [0.15, 0.2) is 23.8 Å². The maximum absolute atomic E-state index is 12.4. The standard InChI is InChI=1S/C9H10F3NO/c1-5-3-2-4-6(9(10,11)12)7(5)8(13)14/h2-5,7H,1H3,(H2,13,14). The van der Waals surface area contributed by atoms with E-state index >= 15 is 0 Å². The number of nitrogens with two attached hydrogens (primary N) is 1. The SMILES string of the molecule is CC1C=CC=C(C(F)(F)F)C1C(N)=O. The van der Waals surface area contributed by atoms with Gasteiger partial charge >= 0.3 is 6.18 Å². The minimum absolute atomic E-state index is 0.505. The Morgan fingerprint density at radius 2 is 2.07 bits per heavy atom. The van der Waals surface area contributed by atoms with E-state index in [9.17, 15) is 18.0 Å². The van der Waals surface area contributed by atoms with E-state index in [-0.39, 0.29) is 0 Å². The molecular weight excluding hydrogens is 195 g/mol. The molecule has 0 heterocycles. The van der Waals surface area contributed by atoms with Crippen LogP contribution in [0.2, 0.25) is 0 Å². The molecule has 5 heteroatoms. The van der Waals surface area contributed by atoms with Crippen LogP contribution < -0.4 is 5.73 Å². The Hall–Kier alpha value is -1.26. The predicted octanol–water partition coefficient (Wildman–Crippen LogP) is 1.78. The Kier molecular flexibility index (Phi) is 2.69. The lowest BCUT2D eigenvalue weighted by Crippen LogP contribution is -2.35. The summed E-state index contributed by atoms with van der Waals surface area (Å²) in [5.74, 6) is -2.71. The topological polar surface area (TPSA) is 43.1 Å². The molecule has 1 aliphatic rings. The fourth-order valence-corrected chi connectivity index (χ4v) is 1.52. The van der Waals surface area contributed by atoms with E-state index in [4.69, 9.17) is 5.73 Å². The lowest BCUT2D eigenvalue weighted by Gasteiger charge is -2.25. The van der Waals surface area contributed by atoms with Crippen molar-refractivity contribution in [1.29, 1.82) is 0 Å². The first kappa shape index (κ1) is 10.8. The first-order chi connectivity index (χ1) is 6.34. The molecule has 1 aliphatic carbocycles. The summed E-state index contributed by atoms with van der Waals surface area (Å²) in [6, 6.07) is 0. The van der Waals surface area contributed by atoms with Crippen molar-refractivity contribution in [2.75, 3.05) is 0 Å². The minimum atomic E-state index is -4.49. The summed E-state index contributed by atoms with van der Waals surface area (Å²) in [6.45, 7) is 1.53. The van der Waals surface area contributed by atoms with Crippen molar-refractivity contribution in [3.8, 4) is 0 Å². The second-order valence-corrected chi connectivity index (χ2v) is 3.24. The van der Waals surface area contributed by atoms with Gasteiger partial charge in [0.05, 0.1) is 5.92 Å². The predicted molar refractivity (Wildman–Crippen MR) is 45.1 cm³/mol. The van der Waals surface area contributed by atoms with E-state index in [1.807, 2.05) is 0 Å². The Balaban J connectivity index is 3.07. The highest BCUT2D eigenvalue weighted by atomic mass is 19.4. The molecule has 0 aromatic carbocycles. The van der Waals surface area contributed by atoms with Gasteiger partial charge in [-0.2, -0.15) is 13.2 Å². The Labute approximate surface area is 79.3 Å². The third-order valence-electron chi connectivity index (χ3n) is 2.19. The fourth-order valence-electron chi connectivity index (χ4n) is 1.52. The molecule has 2 atom stereocenters. The molecule has 0 fully saturated rings. The number of halogens is 3. The first-order valence-electron chi connectivity index (χ1n) is 4.09. The van der Waals surface area contributed by atoms with Gasteiger partial charge in [0.2, 0.25) is 5.91 Å². The third-order valence-corrected chi connectivity index (χ3v) is 2.19. The summed E-state index contributed by atoms with van der Waals surface area (Å²) in [5.41, 5.74) is 4.07. The molecule has 2 nitrogen and oxygen atoms in total. The lowest BCUT2D eigenvalue weighted by atomic mass is 9.82. The second kappa shape index (κ2) is 3.48. The molecule has 0 aromatic rings. The van der Waals surface area contributed by atoms with Crippen LogP contribution in [0.25, 0.3) is 0 Å². The van der Waals surface area contributed by atoms with Crippen LogP contribution in [0.5, 0.6) is 0 Å². The fraction of sp³-hybridized carbons (Fsp3) is 0.444. The van der Waals surface area contributed by atoms with Crippen molar-refractivity contribution in [2.45, 2.75) is 13.1 Å². The van der Waals surface area contributed by atoms with Crippen molar-refractivity contribution >= 4 is 5.91 Å². The molecule has 0 aliphatic heterocycles. The zero-order chi connectivity index (χ0) is 10.9. The highest BCUT2D eigenvalue weighted by Gasteiger charge is 2.43. The van der Waals surface area contributed by atoms with E-state index < -0.39 is 29.5 Å². The van der Waals surface area contributed by atoms with E-state index in [2.05, 4.69) is 0 Å². The normalized spacial score (nSPS) is 27.3. The molecule has 78 valence electrons. The summed E-state index contributed by atoms with van der Waals surface area (Å²) in [7, 11) is 0. The molecule has 0 saturated heterocycles. The van der Waals surface area contributed by atoms with Crippen LogP contribution in [-0.4, -0.2) is 12.1 Å². The molecule has 0 saturated carbocycles. The van der Waals surface area contributed by atoms with E-state index in [0.717, 1.165) is 6.08 Å². The smallest absolute Gasteiger partial charge is 0.369 e. The van der Waals surface area contributed by atoms with Gasteiger partial charge in [0.25, 0.3) is 0 Å². The van der Waals surface area contributed by atoms with Crippen molar-refractivity contribution in [3.63, 3.8) is 0 Å². The maximum atomic E-state index is 12.4. The van der Waals surface area contributed by atoms with Crippen LogP contribution in [-0.2, 0) is 4.79 Å². The third kappa shape index (κ3) is 1.97. The zero-order valence-corrected chi connectivity index (χ0v) is 7.51. The van der Waals surface area contributed by atoms with Gasteiger partial charge in [-0.3, -0.25) is 4.79 Å². The number of carbonyl (C=O) groups excluding carboxylic acids is 1. The summed E-state index contributed by atoms with van der Waals surface area (Å²) in [4.78, 5) is 10.9. The summed E-state index contributed by atoms with van der Waals surface area (Å²) in [6.07, 6.45) is -0.758. The van der Waals surface area contributed by atoms with Crippen LogP contribution in [0.1, 0.15) is 6.92 Å². The van der Waals surface area contributed by atoms with Crippen molar-refractivity contribution < 1.29 is 18.0 Å². The average molecular weight is 205 g/mol. The van der Waals surface area contributed by atoms with Gasteiger partial charge < -0.3 is 5.73 Å². The number of carbonyl (C=O) groups is 1. The highest BCUT2D eigenvalue weighted by Crippen LogP contribution is 2.37. The Morgan fingerprint density at radius 3 is 2.43 bits per heavy atom. The minimum Gasteiger partial charge on any atom is -0.369 e. The monoisotopic (exact) mass is 205 g/mol. The molecule has 0 radical (unpaired) electrons. The van der Waals surface area contributed by atoms with Gasteiger partial charge in [0, 0.05) is 5.57 Å². The average Bonchev–Trinajstić information content (AvgIpc) is 2.01. The molecule has 2 unspecified atom stereocenters. The summed E-state index contributed by atoms with van der Waals surface area (Å²) < 4.78 is 37.2. The highest BCUT2D eigenvalue weighted by molar-refractivity contribution is 5.81. The Morgan fingerprint density at radius 1 is 1.50 bits per heavy atom. The largest absolute Gasteiger partial charge is 0.413 e. The van der Waals surface area contributed by atoms with Crippen LogP contribution in [0.4, 0.5) is 13.2 Å². The van der Waals surface area contributed by atoms with Crippen molar-refractivity contribution in [1.82, 2.24) is 0 Å². The molecule has 2 N–H and O–H groups in total. The number of primary amides is 1. The number of rotatable bonds is 1. The van der Waals surface area contributed by atoms with Crippen molar-refractivity contribution in [3.05, 3.63) is 23.8 Å². The Bertz CT molecular complexity index is 304. The lowest BCUT2D eigenvalue weighted by molar-refractivity contribution is -0.129. The quantitative estimate of drug-likeness (QED) is 0.696. The number of hydrogen-bond donors (Lipinski definition) is 1. The van der Waals surface area contributed by atoms with Crippen LogP contribution in [0.3, 0.4) is 0 Å². The summed E-state index contributed by atoms with van der Waals surface area (Å²) in [5, 5.41) is 0. The van der Waals surface area contributed by atoms with Gasteiger partial charge in [0.15, 0.2) is 0 Å². The molecular formula is C9H10F3NO. The van der Waals surface area contributed by atoms with Gasteiger partial charge in [0.1, 0.15) is 0 Å². The second-order valence-electron chi connectivity index (χ2n) is 3.24. The van der Waals surface area contributed by atoms with E-state index in [1.54, 1.807) is 0 Å². The number of allylic oxidation sites excluding steroid dienone is 3. The summed E-state index contributed by atoms with van der Waals surface area (Å²) >= 11 is 0. The van der Waals surface area contributed by atoms with Crippen molar-refractivity contribution in [2.24, 2.45) is 17.6 Å². The number of amides is 1. The zero-order valence-electron chi connectivity index (χ0n) is 7.51. The van der Waals surface area contributed by atoms with Gasteiger partial charge in [-0.1, -0.05) is 25.2 Å². The molecule has 1 amide bonds. The first-order valence-corrected chi connectivity index (χ1v) is 4.09. The van der Waals surface area contributed by atoms with Gasteiger partial charge in [-0.25, -0.2) is 0 Å².